The highest BCUT2D eigenvalue weighted by molar-refractivity contribution is 6.30. The van der Waals surface area contributed by atoms with E-state index in [1.54, 1.807) is 0 Å². The van der Waals surface area contributed by atoms with Crippen molar-refractivity contribution in [3.05, 3.63) is 28.8 Å². The molecule has 0 aromatic heterocycles. The van der Waals surface area contributed by atoms with Gasteiger partial charge in [0.1, 0.15) is 0 Å². The average molecular weight is 208 g/mol. The summed E-state index contributed by atoms with van der Waals surface area (Å²) in [6.07, 6.45) is 6.98. The molecule has 1 nitrogen and oxygen atoms in total. The summed E-state index contributed by atoms with van der Waals surface area (Å²) in [6, 6.07) is 5.83. The van der Waals surface area contributed by atoms with Crippen LogP contribution in [0.3, 0.4) is 0 Å². The molecule has 0 heterocycles. The van der Waals surface area contributed by atoms with E-state index in [1.807, 2.05) is 25.1 Å². The van der Waals surface area contributed by atoms with Crippen molar-refractivity contribution in [2.45, 2.75) is 19.8 Å². The highest BCUT2D eigenvalue weighted by atomic mass is 35.5. The molecule has 74 valence electrons. The van der Waals surface area contributed by atoms with Crippen LogP contribution in [0.4, 0.5) is 5.69 Å². The van der Waals surface area contributed by atoms with E-state index in [1.165, 1.54) is 5.56 Å². The summed E-state index contributed by atoms with van der Waals surface area (Å²) < 4.78 is 0. The van der Waals surface area contributed by atoms with Gasteiger partial charge in [0.15, 0.2) is 0 Å². The Hall–Kier alpha value is -1.13. The van der Waals surface area contributed by atoms with Gasteiger partial charge in [-0.1, -0.05) is 11.6 Å². The minimum absolute atomic E-state index is 0.775. The van der Waals surface area contributed by atoms with Gasteiger partial charge in [-0.2, -0.15) is 0 Å². The molecule has 0 unspecified atom stereocenters. The number of halogens is 1. The van der Waals surface area contributed by atoms with Gasteiger partial charge in [-0.15, -0.1) is 12.3 Å². The van der Waals surface area contributed by atoms with Crippen LogP contribution in [0.15, 0.2) is 18.2 Å². The standard InChI is InChI=1S/C12H14ClN/c1-3-4-5-8-14-12-7-6-11(13)9-10(12)2/h1,6-7,9,14H,4-5,8H2,2H3. The zero-order chi connectivity index (χ0) is 10.4. The Labute approximate surface area is 90.5 Å². The molecule has 0 atom stereocenters. The molecular formula is C12H14ClN. The lowest BCUT2D eigenvalue weighted by Crippen LogP contribution is -2.02. The second-order valence-electron chi connectivity index (χ2n) is 3.19. The highest BCUT2D eigenvalue weighted by Crippen LogP contribution is 2.19. The minimum Gasteiger partial charge on any atom is -0.385 e. The third-order valence-corrected chi connectivity index (χ3v) is 2.24. The maximum absolute atomic E-state index is 5.85. The Morgan fingerprint density at radius 1 is 1.50 bits per heavy atom. The molecule has 1 N–H and O–H groups in total. The van der Waals surface area contributed by atoms with Gasteiger partial charge in [-0.05, 0) is 37.1 Å². The van der Waals surface area contributed by atoms with Gasteiger partial charge in [0.05, 0.1) is 0 Å². The Morgan fingerprint density at radius 3 is 2.93 bits per heavy atom. The highest BCUT2D eigenvalue weighted by Gasteiger charge is 1.97. The smallest absolute Gasteiger partial charge is 0.0410 e. The monoisotopic (exact) mass is 207 g/mol. The third-order valence-electron chi connectivity index (χ3n) is 2.00. The molecule has 1 aromatic rings. The van der Waals surface area contributed by atoms with Crippen molar-refractivity contribution < 1.29 is 0 Å². The van der Waals surface area contributed by atoms with Crippen molar-refractivity contribution in [1.29, 1.82) is 0 Å². The fourth-order valence-corrected chi connectivity index (χ4v) is 1.47. The summed E-state index contributed by atoms with van der Waals surface area (Å²) in [5.41, 5.74) is 2.30. The van der Waals surface area contributed by atoms with Crippen LogP contribution < -0.4 is 5.32 Å². The number of hydrogen-bond donors (Lipinski definition) is 1. The lowest BCUT2D eigenvalue weighted by atomic mass is 10.2. The number of terminal acetylenes is 1. The minimum atomic E-state index is 0.775. The zero-order valence-electron chi connectivity index (χ0n) is 8.31. The van der Waals surface area contributed by atoms with Gasteiger partial charge in [-0.3, -0.25) is 0 Å². The molecule has 0 radical (unpaired) electrons. The van der Waals surface area contributed by atoms with Crippen molar-refractivity contribution in [2.75, 3.05) is 11.9 Å². The Morgan fingerprint density at radius 2 is 2.29 bits per heavy atom. The number of hydrogen-bond acceptors (Lipinski definition) is 1. The molecule has 0 saturated heterocycles. The van der Waals surface area contributed by atoms with Crippen molar-refractivity contribution >= 4 is 17.3 Å². The molecule has 1 rings (SSSR count). The second kappa shape index (κ2) is 5.57. The predicted molar refractivity (Wildman–Crippen MR) is 62.7 cm³/mol. The average Bonchev–Trinajstić information content (AvgIpc) is 2.15. The Balaban J connectivity index is 2.47. The van der Waals surface area contributed by atoms with E-state index in [9.17, 15) is 0 Å². The third kappa shape index (κ3) is 3.32. The van der Waals surface area contributed by atoms with Crippen molar-refractivity contribution in [3.8, 4) is 12.3 Å². The van der Waals surface area contributed by atoms with Crippen LogP contribution in [-0.2, 0) is 0 Å². The van der Waals surface area contributed by atoms with Gasteiger partial charge in [0.25, 0.3) is 0 Å². The van der Waals surface area contributed by atoms with E-state index in [-0.39, 0.29) is 0 Å². The molecule has 0 fully saturated rings. The maximum Gasteiger partial charge on any atom is 0.0410 e. The molecular weight excluding hydrogens is 194 g/mol. The predicted octanol–water partition coefficient (Wildman–Crippen LogP) is 3.47. The van der Waals surface area contributed by atoms with Crippen LogP contribution in [0.5, 0.6) is 0 Å². The molecule has 0 spiro atoms. The molecule has 0 saturated carbocycles. The van der Waals surface area contributed by atoms with Crippen molar-refractivity contribution in [2.24, 2.45) is 0 Å². The zero-order valence-corrected chi connectivity index (χ0v) is 9.06. The molecule has 0 bridgehead atoms. The van der Waals surface area contributed by atoms with Gasteiger partial charge in [0.2, 0.25) is 0 Å². The fourth-order valence-electron chi connectivity index (χ4n) is 1.24. The Bertz CT molecular complexity index is 339. The van der Waals surface area contributed by atoms with Crippen LogP contribution in [0.2, 0.25) is 5.02 Å². The number of anilines is 1. The maximum atomic E-state index is 5.85. The van der Waals surface area contributed by atoms with E-state index in [2.05, 4.69) is 11.2 Å². The molecule has 2 heteroatoms. The van der Waals surface area contributed by atoms with Gasteiger partial charge in [0, 0.05) is 23.7 Å². The fraction of sp³-hybridized carbons (Fsp3) is 0.333. The van der Waals surface area contributed by atoms with Gasteiger partial charge in [-0.25, -0.2) is 0 Å². The summed E-state index contributed by atoms with van der Waals surface area (Å²) in [7, 11) is 0. The van der Waals surface area contributed by atoms with Crippen LogP contribution in [0.25, 0.3) is 0 Å². The first-order valence-corrected chi connectivity index (χ1v) is 5.05. The van der Waals surface area contributed by atoms with E-state index in [0.717, 1.165) is 30.1 Å². The number of unbranched alkanes of at least 4 members (excludes halogenated alkanes) is 1. The van der Waals surface area contributed by atoms with E-state index in [4.69, 9.17) is 18.0 Å². The summed E-state index contributed by atoms with van der Waals surface area (Å²) in [4.78, 5) is 0. The topological polar surface area (TPSA) is 12.0 Å². The molecule has 1 aromatic carbocycles. The number of aryl methyl sites for hydroxylation is 1. The molecule has 0 aliphatic carbocycles. The molecule has 0 amide bonds. The van der Waals surface area contributed by atoms with Crippen molar-refractivity contribution in [3.63, 3.8) is 0 Å². The van der Waals surface area contributed by atoms with Crippen LogP contribution >= 0.6 is 11.6 Å². The molecule has 0 aliphatic rings. The summed E-state index contributed by atoms with van der Waals surface area (Å²) in [5.74, 6) is 2.62. The lowest BCUT2D eigenvalue weighted by molar-refractivity contribution is 0.906. The largest absolute Gasteiger partial charge is 0.385 e. The van der Waals surface area contributed by atoms with E-state index >= 15 is 0 Å². The number of benzene rings is 1. The first kappa shape index (κ1) is 10.9. The van der Waals surface area contributed by atoms with Gasteiger partial charge < -0.3 is 5.32 Å². The summed E-state index contributed by atoms with van der Waals surface area (Å²) >= 11 is 5.85. The first-order chi connectivity index (χ1) is 6.74. The molecule has 0 aliphatic heterocycles. The summed E-state index contributed by atoms with van der Waals surface area (Å²) in [6.45, 7) is 2.95. The van der Waals surface area contributed by atoms with Crippen LogP contribution in [0, 0.1) is 19.3 Å². The second-order valence-corrected chi connectivity index (χ2v) is 3.63. The van der Waals surface area contributed by atoms with E-state index < -0.39 is 0 Å². The van der Waals surface area contributed by atoms with Gasteiger partial charge >= 0.3 is 0 Å². The number of nitrogens with one attached hydrogen (secondary N) is 1. The van der Waals surface area contributed by atoms with Crippen LogP contribution in [-0.4, -0.2) is 6.54 Å². The molecule has 14 heavy (non-hydrogen) atoms. The number of rotatable bonds is 4. The van der Waals surface area contributed by atoms with Crippen LogP contribution in [0.1, 0.15) is 18.4 Å². The first-order valence-electron chi connectivity index (χ1n) is 4.67. The van der Waals surface area contributed by atoms with E-state index in [0.29, 0.717) is 0 Å². The lowest BCUT2D eigenvalue weighted by Gasteiger charge is -2.08. The quantitative estimate of drug-likeness (QED) is 0.589. The normalized spacial score (nSPS) is 9.50. The van der Waals surface area contributed by atoms with Crippen molar-refractivity contribution in [1.82, 2.24) is 0 Å². The SMILES string of the molecule is C#CCCCNc1ccc(Cl)cc1C. The summed E-state index contributed by atoms with van der Waals surface area (Å²) in [5, 5.41) is 4.10. The Kier molecular flexibility index (Phi) is 4.35.